The molecule has 3 nitrogen and oxygen atoms in total. The van der Waals surface area contributed by atoms with Crippen LogP contribution >= 0.6 is 27.5 Å². The quantitative estimate of drug-likeness (QED) is 0.689. The van der Waals surface area contributed by atoms with Crippen LogP contribution in [0.3, 0.4) is 0 Å². The van der Waals surface area contributed by atoms with Gasteiger partial charge in [0, 0.05) is 16.9 Å². The number of nitrogens with one attached hydrogen (secondary N) is 1. The molecule has 114 valence electrons. The fourth-order valence-corrected chi connectivity index (χ4v) is 3.72. The Bertz CT molecular complexity index is 533. The van der Waals surface area contributed by atoms with Crippen LogP contribution in [-0.4, -0.2) is 20.8 Å². The third kappa shape index (κ3) is 5.31. The molecule has 1 aromatic rings. The zero-order chi connectivity index (χ0) is 15.2. The molecule has 20 heavy (non-hydrogen) atoms. The van der Waals surface area contributed by atoms with E-state index in [-0.39, 0.29) is 17.4 Å². The van der Waals surface area contributed by atoms with E-state index in [4.69, 9.17) is 11.6 Å². The van der Waals surface area contributed by atoms with E-state index < -0.39 is 15.8 Å². The van der Waals surface area contributed by atoms with Crippen LogP contribution in [0.2, 0.25) is 0 Å². The molecular formula is C13H18BrClFNO2S. The van der Waals surface area contributed by atoms with Crippen LogP contribution in [0.25, 0.3) is 0 Å². The highest BCUT2D eigenvalue weighted by atomic mass is 79.9. The van der Waals surface area contributed by atoms with Gasteiger partial charge in [0.2, 0.25) is 10.0 Å². The summed E-state index contributed by atoms with van der Waals surface area (Å²) in [4.78, 5) is -0.332. The van der Waals surface area contributed by atoms with Crippen LogP contribution in [0.1, 0.15) is 26.2 Å². The molecule has 1 rings (SSSR count). The number of hydrogen-bond donors (Lipinski definition) is 1. The zero-order valence-corrected chi connectivity index (χ0v) is 14.4. The van der Waals surface area contributed by atoms with Gasteiger partial charge in [-0.1, -0.05) is 29.3 Å². The van der Waals surface area contributed by atoms with Gasteiger partial charge in [0.1, 0.15) is 10.7 Å². The SMILES string of the molecule is CCCC(CCCl)CNS(=O)(=O)c1ccc(Br)cc1F. The van der Waals surface area contributed by atoms with E-state index >= 15 is 0 Å². The Hall–Kier alpha value is -0.170. The fourth-order valence-electron chi connectivity index (χ4n) is 1.91. The van der Waals surface area contributed by atoms with Crippen LogP contribution in [0.5, 0.6) is 0 Å². The van der Waals surface area contributed by atoms with Gasteiger partial charge in [0.05, 0.1) is 0 Å². The normalized spacial score (nSPS) is 13.4. The highest BCUT2D eigenvalue weighted by Crippen LogP contribution is 2.20. The Kier molecular flexibility index (Phi) is 7.43. The molecule has 0 aliphatic heterocycles. The van der Waals surface area contributed by atoms with Crippen molar-refractivity contribution in [2.75, 3.05) is 12.4 Å². The van der Waals surface area contributed by atoms with Crippen LogP contribution < -0.4 is 4.72 Å². The summed E-state index contributed by atoms with van der Waals surface area (Å²) in [5.74, 6) is -0.110. The van der Waals surface area contributed by atoms with Gasteiger partial charge in [0.25, 0.3) is 0 Å². The van der Waals surface area contributed by atoms with Crippen molar-refractivity contribution in [3.8, 4) is 0 Å². The second kappa shape index (κ2) is 8.32. The lowest BCUT2D eigenvalue weighted by Gasteiger charge is -2.16. The lowest BCUT2D eigenvalue weighted by molar-refractivity contribution is 0.456. The van der Waals surface area contributed by atoms with E-state index in [0.717, 1.165) is 25.3 Å². The average molecular weight is 387 g/mol. The van der Waals surface area contributed by atoms with Crippen molar-refractivity contribution < 1.29 is 12.8 Å². The standard InChI is InChI=1S/C13H18BrClFNO2S/c1-2-3-10(6-7-15)9-17-20(18,19)13-5-4-11(14)8-12(13)16/h4-5,8,10,17H,2-3,6-7,9H2,1H3. The van der Waals surface area contributed by atoms with Crippen molar-refractivity contribution in [2.24, 2.45) is 5.92 Å². The Balaban J connectivity index is 2.78. The third-order valence-corrected chi connectivity index (χ3v) is 5.13. The molecule has 0 heterocycles. The maximum absolute atomic E-state index is 13.7. The van der Waals surface area contributed by atoms with Gasteiger partial charge in [-0.2, -0.15) is 0 Å². The zero-order valence-electron chi connectivity index (χ0n) is 11.2. The van der Waals surface area contributed by atoms with Crippen LogP contribution in [0.15, 0.2) is 27.6 Å². The summed E-state index contributed by atoms with van der Waals surface area (Å²) < 4.78 is 40.8. The smallest absolute Gasteiger partial charge is 0.211 e. The van der Waals surface area contributed by atoms with Crippen molar-refractivity contribution >= 4 is 37.6 Å². The van der Waals surface area contributed by atoms with Gasteiger partial charge in [0.15, 0.2) is 0 Å². The predicted molar refractivity (Wildman–Crippen MR) is 83.0 cm³/mol. The van der Waals surface area contributed by atoms with E-state index in [1.54, 1.807) is 0 Å². The summed E-state index contributed by atoms with van der Waals surface area (Å²) in [6.07, 6.45) is 2.58. The molecule has 0 aromatic heterocycles. The van der Waals surface area contributed by atoms with E-state index in [0.29, 0.717) is 10.4 Å². The van der Waals surface area contributed by atoms with Gasteiger partial charge in [-0.05, 0) is 37.0 Å². The van der Waals surface area contributed by atoms with Crippen molar-refractivity contribution in [3.63, 3.8) is 0 Å². The lowest BCUT2D eigenvalue weighted by Crippen LogP contribution is -2.30. The third-order valence-electron chi connectivity index (χ3n) is 2.96. The fraction of sp³-hybridized carbons (Fsp3) is 0.538. The predicted octanol–water partition coefficient (Wildman–Crippen LogP) is 3.91. The maximum Gasteiger partial charge on any atom is 0.243 e. The molecule has 1 unspecified atom stereocenters. The van der Waals surface area contributed by atoms with Gasteiger partial charge in [-0.15, -0.1) is 11.6 Å². The summed E-state index contributed by atoms with van der Waals surface area (Å²) in [7, 11) is -3.83. The number of halogens is 3. The molecule has 1 N–H and O–H groups in total. The second-order valence-electron chi connectivity index (χ2n) is 4.56. The minimum atomic E-state index is -3.83. The highest BCUT2D eigenvalue weighted by molar-refractivity contribution is 9.10. The monoisotopic (exact) mass is 385 g/mol. The van der Waals surface area contributed by atoms with Crippen molar-refractivity contribution in [1.29, 1.82) is 0 Å². The molecule has 0 saturated heterocycles. The van der Waals surface area contributed by atoms with Gasteiger partial charge in [-0.3, -0.25) is 0 Å². The van der Waals surface area contributed by atoms with Crippen molar-refractivity contribution in [1.82, 2.24) is 4.72 Å². The van der Waals surface area contributed by atoms with Gasteiger partial charge in [-0.25, -0.2) is 17.5 Å². The van der Waals surface area contributed by atoms with Crippen molar-refractivity contribution in [3.05, 3.63) is 28.5 Å². The number of alkyl halides is 1. The maximum atomic E-state index is 13.7. The summed E-state index contributed by atoms with van der Waals surface area (Å²) in [6.45, 7) is 2.31. The van der Waals surface area contributed by atoms with E-state index in [1.807, 2.05) is 6.92 Å². The topological polar surface area (TPSA) is 46.2 Å². The lowest BCUT2D eigenvalue weighted by atomic mass is 10.0. The first kappa shape index (κ1) is 17.9. The molecule has 0 aliphatic carbocycles. The minimum absolute atomic E-state index is 0.172. The van der Waals surface area contributed by atoms with Gasteiger partial charge < -0.3 is 0 Å². The first-order valence-corrected chi connectivity index (χ1v) is 9.22. The second-order valence-corrected chi connectivity index (χ2v) is 7.59. The summed E-state index contributed by atoms with van der Waals surface area (Å²) in [5, 5.41) is 0. The summed E-state index contributed by atoms with van der Waals surface area (Å²) in [5.41, 5.74) is 0. The average Bonchev–Trinajstić information content (AvgIpc) is 2.36. The molecule has 0 fully saturated rings. The molecule has 1 aromatic carbocycles. The molecule has 0 spiro atoms. The first-order chi connectivity index (χ1) is 9.40. The molecule has 0 saturated carbocycles. The highest BCUT2D eigenvalue weighted by Gasteiger charge is 2.20. The molecule has 0 aliphatic rings. The van der Waals surface area contributed by atoms with Crippen LogP contribution in [0.4, 0.5) is 4.39 Å². The molecule has 1 atom stereocenters. The van der Waals surface area contributed by atoms with Crippen LogP contribution in [-0.2, 0) is 10.0 Å². The first-order valence-electron chi connectivity index (χ1n) is 6.41. The molecule has 0 amide bonds. The number of benzene rings is 1. The largest absolute Gasteiger partial charge is 0.243 e. The summed E-state index contributed by atoms with van der Waals surface area (Å²) >= 11 is 8.80. The Labute approximate surface area is 133 Å². The molecule has 0 radical (unpaired) electrons. The minimum Gasteiger partial charge on any atom is -0.211 e. The van der Waals surface area contributed by atoms with Gasteiger partial charge >= 0.3 is 0 Å². The molecular weight excluding hydrogens is 369 g/mol. The van der Waals surface area contributed by atoms with E-state index in [9.17, 15) is 12.8 Å². The Morgan fingerprint density at radius 1 is 1.40 bits per heavy atom. The molecule has 0 bridgehead atoms. The van der Waals surface area contributed by atoms with E-state index in [1.165, 1.54) is 12.1 Å². The number of rotatable bonds is 8. The Morgan fingerprint density at radius 3 is 2.65 bits per heavy atom. The number of hydrogen-bond acceptors (Lipinski definition) is 2. The van der Waals surface area contributed by atoms with Crippen molar-refractivity contribution in [2.45, 2.75) is 31.1 Å². The number of sulfonamides is 1. The van der Waals surface area contributed by atoms with Crippen LogP contribution in [0, 0.1) is 11.7 Å². The molecule has 7 heteroatoms. The van der Waals surface area contributed by atoms with E-state index in [2.05, 4.69) is 20.7 Å². The Morgan fingerprint density at radius 2 is 2.10 bits per heavy atom. The summed E-state index contributed by atoms with van der Waals surface area (Å²) in [6, 6.07) is 3.88.